The van der Waals surface area contributed by atoms with Crippen molar-refractivity contribution in [2.75, 3.05) is 20.2 Å². The molecule has 1 heterocycles. The number of nitrogens with one attached hydrogen (secondary N) is 1. The highest BCUT2D eigenvalue weighted by Gasteiger charge is 2.22. The van der Waals surface area contributed by atoms with E-state index >= 15 is 0 Å². The monoisotopic (exact) mass is 410 g/mol. The lowest BCUT2D eigenvalue weighted by Crippen LogP contribution is -2.38. The van der Waals surface area contributed by atoms with Crippen LogP contribution in [0.15, 0.2) is 41.3 Å². The number of carbonyl (C=O) groups is 1. The van der Waals surface area contributed by atoms with Gasteiger partial charge >= 0.3 is 0 Å². The number of carbonyl (C=O) groups excluding carboxylic acids is 1. The maximum atomic E-state index is 13.2. The fourth-order valence-electron chi connectivity index (χ4n) is 3.05. The summed E-state index contributed by atoms with van der Waals surface area (Å²) in [6, 6.07) is 8.07. The van der Waals surface area contributed by atoms with Gasteiger partial charge in [0.2, 0.25) is 15.9 Å². The zero-order valence-electron chi connectivity index (χ0n) is 15.2. The molecule has 0 atom stereocenters. The van der Waals surface area contributed by atoms with E-state index in [2.05, 4.69) is 4.72 Å². The highest BCUT2D eigenvalue weighted by atomic mass is 32.2. The van der Waals surface area contributed by atoms with Crippen molar-refractivity contribution >= 4 is 15.9 Å². The highest BCUT2D eigenvalue weighted by Crippen LogP contribution is 2.24. The van der Waals surface area contributed by atoms with E-state index in [1.54, 1.807) is 12.0 Å². The number of amides is 1. The molecule has 9 heteroatoms. The summed E-state index contributed by atoms with van der Waals surface area (Å²) in [6.45, 7) is 0.844. The Kier molecular flexibility index (Phi) is 5.95. The normalized spacial score (nSPS) is 13.9. The molecule has 3 rings (SSSR count). The number of benzene rings is 2. The number of hydrogen-bond acceptors (Lipinski definition) is 4. The Labute approximate surface area is 162 Å². The number of fused-ring (bicyclic) bond motifs is 1. The predicted molar refractivity (Wildman–Crippen MR) is 98.3 cm³/mol. The van der Waals surface area contributed by atoms with Crippen LogP contribution in [0.3, 0.4) is 0 Å². The minimum absolute atomic E-state index is 0.0395. The van der Waals surface area contributed by atoms with Gasteiger partial charge in [0.15, 0.2) is 11.6 Å². The number of ether oxygens (including phenoxy) is 1. The third-order valence-electron chi connectivity index (χ3n) is 4.61. The van der Waals surface area contributed by atoms with Crippen molar-refractivity contribution in [2.45, 2.75) is 24.3 Å². The van der Waals surface area contributed by atoms with Crippen molar-refractivity contribution in [3.63, 3.8) is 0 Å². The molecule has 0 spiro atoms. The van der Waals surface area contributed by atoms with Crippen molar-refractivity contribution in [1.82, 2.24) is 9.62 Å². The quantitative estimate of drug-likeness (QED) is 0.793. The molecule has 28 heavy (non-hydrogen) atoms. The molecule has 0 bridgehead atoms. The van der Waals surface area contributed by atoms with E-state index in [-0.39, 0.29) is 18.9 Å². The summed E-state index contributed by atoms with van der Waals surface area (Å²) in [5.41, 5.74) is 2.16. The first-order valence-electron chi connectivity index (χ1n) is 8.68. The Morgan fingerprint density at radius 3 is 2.64 bits per heavy atom. The fourth-order valence-corrected chi connectivity index (χ4v) is 4.09. The van der Waals surface area contributed by atoms with Crippen molar-refractivity contribution in [2.24, 2.45) is 0 Å². The van der Waals surface area contributed by atoms with Gasteiger partial charge in [-0.1, -0.05) is 6.07 Å². The molecule has 6 nitrogen and oxygen atoms in total. The summed E-state index contributed by atoms with van der Waals surface area (Å²) in [6.07, 6.45) is 0.674. The summed E-state index contributed by atoms with van der Waals surface area (Å²) >= 11 is 0. The predicted octanol–water partition coefficient (Wildman–Crippen LogP) is 2.23. The molecule has 0 saturated heterocycles. The average molecular weight is 410 g/mol. The van der Waals surface area contributed by atoms with E-state index in [0.717, 1.165) is 23.3 Å². The third kappa shape index (κ3) is 4.48. The molecule has 0 saturated carbocycles. The third-order valence-corrected chi connectivity index (χ3v) is 6.07. The Balaban J connectivity index is 1.57. The molecule has 0 fully saturated rings. The number of rotatable bonds is 6. The molecular formula is C19H20F2N2O4S. The molecule has 150 valence electrons. The summed E-state index contributed by atoms with van der Waals surface area (Å²) in [5.74, 6) is -1.86. The smallest absolute Gasteiger partial charge is 0.240 e. The van der Waals surface area contributed by atoms with Crippen LogP contribution in [-0.2, 0) is 27.8 Å². The van der Waals surface area contributed by atoms with Crippen LogP contribution in [0.2, 0.25) is 0 Å². The lowest BCUT2D eigenvalue weighted by Gasteiger charge is -2.29. The Morgan fingerprint density at radius 2 is 1.93 bits per heavy atom. The first-order valence-corrected chi connectivity index (χ1v) is 10.2. The highest BCUT2D eigenvalue weighted by molar-refractivity contribution is 7.89. The second-order valence-electron chi connectivity index (χ2n) is 6.42. The molecule has 0 unspecified atom stereocenters. The van der Waals surface area contributed by atoms with E-state index in [1.807, 2.05) is 18.2 Å². The molecule has 2 aromatic rings. The maximum absolute atomic E-state index is 13.2. The van der Waals surface area contributed by atoms with E-state index in [9.17, 15) is 22.0 Å². The van der Waals surface area contributed by atoms with Crippen molar-refractivity contribution in [3.05, 3.63) is 59.2 Å². The van der Waals surface area contributed by atoms with Crippen molar-refractivity contribution < 1.29 is 26.7 Å². The van der Waals surface area contributed by atoms with Gasteiger partial charge in [-0.25, -0.2) is 21.9 Å². The van der Waals surface area contributed by atoms with Crippen molar-refractivity contribution in [3.8, 4) is 5.75 Å². The zero-order chi connectivity index (χ0) is 20.3. The number of nitrogens with zero attached hydrogens (tertiary/aromatic N) is 1. The van der Waals surface area contributed by atoms with Gasteiger partial charge in [-0.05, 0) is 47.9 Å². The molecular weight excluding hydrogens is 390 g/mol. The van der Waals surface area contributed by atoms with E-state index < -0.39 is 26.6 Å². The minimum Gasteiger partial charge on any atom is -0.497 e. The van der Waals surface area contributed by atoms with Gasteiger partial charge in [-0.2, -0.15) is 0 Å². The largest absolute Gasteiger partial charge is 0.497 e. The van der Waals surface area contributed by atoms with Crippen LogP contribution in [0, 0.1) is 11.6 Å². The first kappa shape index (κ1) is 20.2. The maximum Gasteiger partial charge on any atom is 0.240 e. The SMILES string of the molecule is COc1ccc2c(c1)CN(C(=O)CCNS(=O)(=O)c1ccc(F)c(F)c1)CC2. The van der Waals surface area contributed by atoms with Gasteiger partial charge in [0.1, 0.15) is 5.75 Å². The van der Waals surface area contributed by atoms with Crippen LogP contribution in [0.1, 0.15) is 17.5 Å². The number of halogens is 2. The second-order valence-corrected chi connectivity index (χ2v) is 8.19. The van der Waals surface area contributed by atoms with Crippen LogP contribution in [0.5, 0.6) is 5.75 Å². The van der Waals surface area contributed by atoms with Gasteiger partial charge in [0.25, 0.3) is 0 Å². The topological polar surface area (TPSA) is 75.7 Å². The van der Waals surface area contributed by atoms with E-state index in [1.165, 1.54) is 0 Å². The van der Waals surface area contributed by atoms with Gasteiger partial charge in [0.05, 0.1) is 12.0 Å². The molecule has 1 aliphatic heterocycles. The van der Waals surface area contributed by atoms with Crippen molar-refractivity contribution in [1.29, 1.82) is 0 Å². The lowest BCUT2D eigenvalue weighted by molar-refractivity contribution is -0.131. The van der Waals surface area contributed by atoms with Crippen LogP contribution < -0.4 is 9.46 Å². The molecule has 0 aliphatic carbocycles. The zero-order valence-corrected chi connectivity index (χ0v) is 16.1. The van der Waals surface area contributed by atoms with Crippen LogP contribution in [-0.4, -0.2) is 39.4 Å². The van der Waals surface area contributed by atoms with Gasteiger partial charge in [-0.15, -0.1) is 0 Å². The Bertz CT molecular complexity index is 995. The standard InChI is InChI=1S/C19H20F2N2O4S/c1-27-15-3-2-13-7-9-23(12-14(13)10-15)19(24)6-8-22-28(25,26)16-4-5-17(20)18(21)11-16/h2-5,10-11,22H,6-9,12H2,1H3. The van der Waals surface area contributed by atoms with Gasteiger partial charge < -0.3 is 9.64 Å². The molecule has 2 aromatic carbocycles. The molecule has 1 N–H and O–H groups in total. The molecule has 1 amide bonds. The average Bonchev–Trinajstić information content (AvgIpc) is 2.68. The number of hydrogen-bond donors (Lipinski definition) is 1. The van der Waals surface area contributed by atoms with E-state index in [0.29, 0.717) is 31.3 Å². The summed E-state index contributed by atoms with van der Waals surface area (Å²) in [7, 11) is -2.45. The summed E-state index contributed by atoms with van der Waals surface area (Å²) in [5, 5.41) is 0. The van der Waals surface area contributed by atoms with E-state index in [4.69, 9.17) is 4.74 Å². The minimum atomic E-state index is -4.03. The van der Waals surface area contributed by atoms with Crippen LogP contribution >= 0.6 is 0 Å². The first-order chi connectivity index (χ1) is 13.3. The second kappa shape index (κ2) is 8.24. The number of sulfonamides is 1. The Hall–Kier alpha value is -2.52. The van der Waals surface area contributed by atoms with Gasteiger partial charge in [-0.3, -0.25) is 4.79 Å². The van der Waals surface area contributed by atoms with Crippen LogP contribution in [0.4, 0.5) is 8.78 Å². The number of methoxy groups -OCH3 is 1. The summed E-state index contributed by atoms with van der Waals surface area (Å²) < 4.78 is 57.9. The molecule has 0 aromatic heterocycles. The molecule has 0 radical (unpaired) electrons. The van der Waals surface area contributed by atoms with Crippen LogP contribution in [0.25, 0.3) is 0 Å². The molecule has 1 aliphatic rings. The fraction of sp³-hybridized carbons (Fsp3) is 0.316. The summed E-state index contributed by atoms with van der Waals surface area (Å²) in [4.78, 5) is 13.7. The Morgan fingerprint density at radius 1 is 1.14 bits per heavy atom. The lowest BCUT2D eigenvalue weighted by atomic mass is 9.99. The van der Waals surface area contributed by atoms with Gasteiger partial charge in [0, 0.05) is 26.1 Å².